The summed E-state index contributed by atoms with van der Waals surface area (Å²) in [5, 5.41) is 9.01. The van der Waals surface area contributed by atoms with Gasteiger partial charge in [0.15, 0.2) is 0 Å². The van der Waals surface area contributed by atoms with E-state index in [-0.39, 0.29) is 5.75 Å². The topological polar surface area (TPSA) is 90.2 Å². The summed E-state index contributed by atoms with van der Waals surface area (Å²) in [6, 6.07) is 6.67. The van der Waals surface area contributed by atoms with E-state index in [4.69, 9.17) is 24.5 Å². The van der Waals surface area contributed by atoms with Crippen LogP contribution in [-0.2, 0) is 0 Å². The Morgan fingerprint density at radius 2 is 1.93 bits per heavy atom. The Morgan fingerprint density at radius 1 is 1.33 bits per heavy atom. The van der Waals surface area contributed by atoms with Gasteiger partial charge in [-0.05, 0) is 12.1 Å². The molecule has 0 atom stereocenters. The molecule has 0 aliphatic carbocycles. The molecule has 0 fully saturated rings. The lowest BCUT2D eigenvalue weighted by Crippen LogP contribution is -1.91. The molecular formula is C9H13O5P. The maximum absolute atomic E-state index is 9.01. The molecule has 1 aromatic rings. The number of rotatable bonds is 3. The monoisotopic (exact) mass is 232 g/mol. The Kier molecular flexibility index (Phi) is 7.58. The molecule has 1 rings (SSSR count). The van der Waals surface area contributed by atoms with Gasteiger partial charge in [-0.15, -0.1) is 0 Å². The van der Waals surface area contributed by atoms with E-state index in [1.54, 1.807) is 30.3 Å². The first-order valence-electron chi connectivity index (χ1n) is 3.95. The quantitative estimate of drug-likeness (QED) is 0.463. The van der Waals surface area contributed by atoms with Crippen molar-refractivity contribution in [3.05, 3.63) is 36.9 Å². The standard InChI is InChI=1S/C9H10O2.H3O3P/c1-2-6-11-9-5-3-4-8(10)7-9;1-4(2)3/h2-5,7,10H,1,6H2;1-3H. The van der Waals surface area contributed by atoms with E-state index in [9.17, 15) is 0 Å². The summed E-state index contributed by atoms with van der Waals surface area (Å²) in [5.41, 5.74) is 0. The second-order valence-electron chi connectivity index (χ2n) is 2.37. The SMILES string of the molecule is C=CCOc1cccc(O)c1.OP(O)O. The van der Waals surface area contributed by atoms with Gasteiger partial charge < -0.3 is 24.5 Å². The lowest BCUT2D eigenvalue weighted by Gasteiger charge is -2.01. The Labute approximate surface area is 88.9 Å². The summed E-state index contributed by atoms with van der Waals surface area (Å²) in [5.74, 6) is 0.872. The highest BCUT2D eigenvalue weighted by molar-refractivity contribution is 7.38. The summed E-state index contributed by atoms with van der Waals surface area (Å²) >= 11 is 0. The highest BCUT2D eigenvalue weighted by Crippen LogP contribution is 2.17. The first kappa shape index (κ1) is 13.9. The highest BCUT2D eigenvalue weighted by atomic mass is 31.2. The third-order valence-electron chi connectivity index (χ3n) is 1.19. The van der Waals surface area contributed by atoms with Crippen molar-refractivity contribution in [3.63, 3.8) is 0 Å². The van der Waals surface area contributed by atoms with E-state index in [1.807, 2.05) is 0 Å². The predicted molar refractivity (Wildman–Crippen MR) is 57.4 cm³/mol. The first-order chi connectivity index (χ1) is 7.06. The number of hydrogen-bond acceptors (Lipinski definition) is 5. The van der Waals surface area contributed by atoms with Crippen LogP contribution in [0.15, 0.2) is 36.9 Å². The van der Waals surface area contributed by atoms with Crippen molar-refractivity contribution >= 4 is 8.60 Å². The minimum atomic E-state index is -2.62. The van der Waals surface area contributed by atoms with Crippen molar-refractivity contribution in [2.24, 2.45) is 0 Å². The van der Waals surface area contributed by atoms with Crippen LogP contribution in [0.4, 0.5) is 0 Å². The zero-order valence-electron chi connectivity index (χ0n) is 7.95. The van der Waals surface area contributed by atoms with Crippen LogP contribution >= 0.6 is 8.60 Å². The van der Waals surface area contributed by atoms with Crippen LogP contribution in [0.25, 0.3) is 0 Å². The van der Waals surface area contributed by atoms with Gasteiger partial charge in [0.2, 0.25) is 0 Å². The molecule has 84 valence electrons. The molecule has 0 heterocycles. The van der Waals surface area contributed by atoms with E-state index in [2.05, 4.69) is 6.58 Å². The van der Waals surface area contributed by atoms with Gasteiger partial charge in [-0.2, -0.15) is 0 Å². The minimum Gasteiger partial charge on any atom is -0.508 e. The van der Waals surface area contributed by atoms with Crippen molar-refractivity contribution < 1.29 is 24.5 Å². The van der Waals surface area contributed by atoms with Crippen LogP contribution in [0.5, 0.6) is 11.5 Å². The fourth-order valence-electron chi connectivity index (χ4n) is 0.728. The summed E-state index contributed by atoms with van der Waals surface area (Å²) < 4.78 is 5.16. The van der Waals surface area contributed by atoms with Crippen LogP contribution in [0.2, 0.25) is 0 Å². The smallest absolute Gasteiger partial charge is 0.324 e. The third-order valence-corrected chi connectivity index (χ3v) is 1.19. The Hall–Kier alpha value is -1.13. The molecule has 0 saturated carbocycles. The molecule has 0 aromatic heterocycles. The molecule has 0 aliphatic heterocycles. The van der Waals surface area contributed by atoms with Gasteiger partial charge in [0.05, 0.1) is 0 Å². The van der Waals surface area contributed by atoms with Crippen LogP contribution in [0.1, 0.15) is 0 Å². The average Bonchev–Trinajstić information content (AvgIpc) is 2.14. The van der Waals surface area contributed by atoms with E-state index in [0.717, 1.165) is 0 Å². The van der Waals surface area contributed by atoms with Gasteiger partial charge in [0.25, 0.3) is 0 Å². The van der Waals surface area contributed by atoms with Crippen LogP contribution < -0.4 is 4.74 Å². The van der Waals surface area contributed by atoms with Gasteiger partial charge in [-0.3, -0.25) is 0 Å². The fraction of sp³-hybridized carbons (Fsp3) is 0.111. The third kappa shape index (κ3) is 9.18. The zero-order valence-corrected chi connectivity index (χ0v) is 8.84. The number of ether oxygens (including phenoxy) is 1. The summed E-state index contributed by atoms with van der Waals surface area (Å²) in [7, 11) is -2.62. The van der Waals surface area contributed by atoms with Gasteiger partial charge in [-0.1, -0.05) is 18.7 Å². The van der Waals surface area contributed by atoms with Crippen molar-refractivity contribution in [1.82, 2.24) is 0 Å². The second kappa shape index (κ2) is 8.20. The van der Waals surface area contributed by atoms with Crippen molar-refractivity contribution in [1.29, 1.82) is 0 Å². The van der Waals surface area contributed by atoms with Crippen molar-refractivity contribution in [3.8, 4) is 11.5 Å². The molecule has 4 N–H and O–H groups in total. The molecule has 6 heteroatoms. The van der Waals surface area contributed by atoms with E-state index in [1.165, 1.54) is 0 Å². The normalized spacial score (nSPS) is 9.07. The maximum Gasteiger partial charge on any atom is 0.324 e. The number of aromatic hydroxyl groups is 1. The Balaban J connectivity index is 0.000000423. The molecule has 0 radical (unpaired) electrons. The molecule has 5 nitrogen and oxygen atoms in total. The van der Waals surface area contributed by atoms with Gasteiger partial charge in [-0.25, -0.2) is 0 Å². The van der Waals surface area contributed by atoms with E-state index >= 15 is 0 Å². The number of benzene rings is 1. The Morgan fingerprint density at radius 3 is 2.40 bits per heavy atom. The zero-order chi connectivity index (χ0) is 11.7. The van der Waals surface area contributed by atoms with Crippen molar-refractivity contribution in [2.75, 3.05) is 6.61 Å². The number of phenolic OH excluding ortho intramolecular Hbond substituents is 1. The number of phenols is 1. The molecule has 0 unspecified atom stereocenters. The molecule has 0 spiro atoms. The second-order valence-corrected chi connectivity index (χ2v) is 2.90. The molecule has 15 heavy (non-hydrogen) atoms. The van der Waals surface area contributed by atoms with Crippen LogP contribution in [-0.4, -0.2) is 26.4 Å². The maximum atomic E-state index is 9.01. The fourth-order valence-corrected chi connectivity index (χ4v) is 0.728. The molecule has 0 saturated heterocycles. The van der Waals surface area contributed by atoms with E-state index < -0.39 is 8.60 Å². The first-order valence-corrected chi connectivity index (χ1v) is 5.15. The summed E-state index contributed by atoms with van der Waals surface area (Å²) in [4.78, 5) is 21.7. The predicted octanol–water partition coefficient (Wildman–Crippen LogP) is 1.15. The lowest BCUT2D eigenvalue weighted by molar-refractivity contribution is 0.360. The van der Waals surface area contributed by atoms with E-state index in [0.29, 0.717) is 12.4 Å². The summed E-state index contributed by atoms with van der Waals surface area (Å²) in [6.07, 6.45) is 1.66. The van der Waals surface area contributed by atoms with Crippen LogP contribution in [0.3, 0.4) is 0 Å². The molecule has 0 amide bonds. The van der Waals surface area contributed by atoms with Gasteiger partial charge in [0, 0.05) is 6.07 Å². The highest BCUT2D eigenvalue weighted by Gasteiger charge is 1.91. The summed E-state index contributed by atoms with van der Waals surface area (Å²) in [6.45, 7) is 3.97. The lowest BCUT2D eigenvalue weighted by atomic mass is 10.3. The Bertz CT molecular complexity index is 287. The average molecular weight is 232 g/mol. The largest absolute Gasteiger partial charge is 0.508 e. The van der Waals surface area contributed by atoms with Crippen LogP contribution in [0, 0.1) is 0 Å². The molecular weight excluding hydrogens is 219 g/mol. The van der Waals surface area contributed by atoms with Crippen molar-refractivity contribution in [2.45, 2.75) is 0 Å². The molecule has 0 aliphatic rings. The molecule has 0 bridgehead atoms. The molecule has 1 aromatic carbocycles. The number of hydrogen-bond donors (Lipinski definition) is 4. The minimum absolute atomic E-state index is 0.214. The van der Waals surface area contributed by atoms with Gasteiger partial charge >= 0.3 is 8.60 Å². The van der Waals surface area contributed by atoms with Gasteiger partial charge in [0.1, 0.15) is 18.1 Å².